The van der Waals surface area contributed by atoms with Gasteiger partial charge >= 0.3 is 0 Å². The molecule has 9 heteroatoms. The topological polar surface area (TPSA) is 13.0 Å². The molecule has 4 nitrogen and oxygen atoms in total. The van der Waals surface area contributed by atoms with Gasteiger partial charge in [0.25, 0.3) is 6.71 Å². The van der Waals surface area contributed by atoms with Gasteiger partial charge in [-0.3, -0.25) is 0 Å². The van der Waals surface area contributed by atoms with Crippen LogP contribution in [0.4, 0.5) is 68.2 Å². The summed E-state index contributed by atoms with van der Waals surface area (Å²) in [5.74, 6) is 0. The van der Waals surface area contributed by atoms with Gasteiger partial charge in [0.2, 0.25) is 0 Å². The summed E-state index contributed by atoms with van der Waals surface area (Å²) in [6.45, 7) is -0.329. The maximum absolute atomic E-state index is 2.75. The van der Waals surface area contributed by atoms with Crippen molar-refractivity contribution in [2.45, 2.75) is 0 Å². The molecule has 546 valence electrons. The lowest BCUT2D eigenvalue weighted by Crippen LogP contribution is -2.61. The predicted molar refractivity (Wildman–Crippen MR) is 509 cm³/mol. The van der Waals surface area contributed by atoms with E-state index in [9.17, 15) is 0 Å². The zero-order valence-electron chi connectivity index (χ0n) is 63.2. The van der Waals surface area contributed by atoms with Crippen molar-refractivity contribution in [1.82, 2.24) is 0 Å². The van der Waals surface area contributed by atoms with Crippen LogP contribution >= 0.6 is 45.3 Å². The molecule has 2 aliphatic rings. The molecule has 6 heterocycles. The summed E-state index contributed by atoms with van der Waals surface area (Å²) in [5, 5.41) is 10.0. The third kappa shape index (κ3) is 10.8. The van der Waals surface area contributed by atoms with Crippen molar-refractivity contribution in [3.63, 3.8) is 0 Å². The molecular formula is C108H67BN4S4. The second-order valence-corrected chi connectivity index (χ2v) is 34.6. The number of hydrogen-bond donors (Lipinski definition) is 0. The number of fused-ring (bicyclic) bond motifs is 16. The van der Waals surface area contributed by atoms with E-state index >= 15 is 0 Å². The van der Waals surface area contributed by atoms with E-state index < -0.39 is 0 Å². The summed E-state index contributed by atoms with van der Waals surface area (Å²) >= 11 is 7.58. The lowest BCUT2D eigenvalue weighted by atomic mass is 9.33. The molecular weight excluding hydrogens is 1490 g/mol. The fourth-order valence-electron chi connectivity index (χ4n) is 19.0. The smallest absolute Gasteiger partial charge is 0.252 e. The molecule has 24 rings (SSSR count). The van der Waals surface area contributed by atoms with E-state index in [0.29, 0.717) is 0 Å². The first-order valence-electron chi connectivity index (χ1n) is 39.9. The van der Waals surface area contributed by atoms with Gasteiger partial charge in [0.05, 0.1) is 11.4 Å². The quantitative estimate of drug-likeness (QED) is 0.107. The van der Waals surface area contributed by atoms with E-state index in [0.717, 1.165) is 102 Å². The van der Waals surface area contributed by atoms with Gasteiger partial charge in [-0.05, 0) is 137 Å². The summed E-state index contributed by atoms with van der Waals surface area (Å²) in [7, 11) is 0. The fourth-order valence-corrected chi connectivity index (χ4v) is 23.9. The van der Waals surface area contributed by atoms with Crippen molar-refractivity contribution in [2.75, 3.05) is 19.6 Å². The molecule has 18 aromatic carbocycles. The van der Waals surface area contributed by atoms with Gasteiger partial charge in [0.15, 0.2) is 0 Å². The highest BCUT2D eigenvalue weighted by Crippen LogP contribution is 2.59. The van der Waals surface area contributed by atoms with E-state index in [1.165, 1.54) is 119 Å². The first-order chi connectivity index (χ1) is 58.1. The van der Waals surface area contributed by atoms with E-state index in [1.807, 2.05) is 45.3 Å². The number of thiophene rings is 4. The summed E-state index contributed by atoms with van der Waals surface area (Å²) < 4.78 is 10.1. The summed E-state index contributed by atoms with van der Waals surface area (Å²) in [4.78, 5) is 10.4. The molecule has 0 bridgehead atoms. The monoisotopic (exact) mass is 1560 g/mol. The van der Waals surface area contributed by atoms with Crippen molar-refractivity contribution in [3.8, 4) is 55.6 Å². The standard InChI is InChI=1S/C108H67BN4S4/c1-6-30-68(31-7-1)69-64-96-102-97(65-69)113(104-82(90-54-28-50-86-78-42-18-22-58-100(78)116-107(86)90)46-25-47-83(104)91-55-29-51-87-79-43-19-23-59-101(79)117-108(87)91)95-67-75(111(72-36-12-4-13-37-72)73-38-14-5-15-39-73)61-63-93(95)109(102)92-62-60-74(110(70-32-8-2-9-33-70)71-34-10-3-11-35-71)66-94(92)112(96)103-80(88-52-26-48-84-76-40-16-20-56-98(76)114-105(84)88)44-24-45-81(103)89-53-27-49-85-77-41-17-21-57-99(77)115-106(85)89/h1-67H. The first kappa shape index (κ1) is 67.6. The molecule has 22 aromatic rings. The Kier molecular flexibility index (Phi) is 15.8. The van der Waals surface area contributed by atoms with E-state index in [2.05, 4.69) is 426 Å². The minimum absolute atomic E-state index is 0.329. The number of hydrogen-bond acceptors (Lipinski definition) is 8. The lowest BCUT2D eigenvalue weighted by Gasteiger charge is -2.46. The van der Waals surface area contributed by atoms with Gasteiger partial charge in [-0.1, -0.05) is 297 Å². The fraction of sp³-hybridized carbons (Fsp3) is 0. The van der Waals surface area contributed by atoms with Gasteiger partial charge in [0.1, 0.15) is 0 Å². The van der Waals surface area contributed by atoms with Gasteiger partial charge in [-0.15, -0.1) is 45.3 Å². The molecule has 0 aliphatic carbocycles. The molecule has 0 amide bonds. The average molecular weight is 1560 g/mol. The average Bonchev–Trinajstić information content (AvgIpc) is 1.26. The molecule has 0 fully saturated rings. The Morgan fingerprint density at radius 1 is 0.197 bits per heavy atom. The van der Waals surface area contributed by atoms with Gasteiger partial charge in [-0.2, -0.15) is 0 Å². The molecule has 0 N–H and O–H groups in total. The first-order valence-corrected chi connectivity index (χ1v) is 43.2. The summed E-state index contributed by atoms with van der Waals surface area (Å²) in [5.41, 5.74) is 28.0. The van der Waals surface area contributed by atoms with Gasteiger partial charge in [0, 0.05) is 182 Å². The second-order valence-electron chi connectivity index (χ2n) is 30.4. The van der Waals surface area contributed by atoms with Crippen LogP contribution in [0, 0.1) is 0 Å². The maximum atomic E-state index is 2.75. The van der Waals surface area contributed by atoms with Crippen LogP contribution in [0.3, 0.4) is 0 Å². The SMILES string of the molecule is c1ccc(-c2cc3c4c(c2)N(c2c(-c5cccc6c5sc5ccccc56)cccc2-c2cccc5c2sc2ccccc25)c2cc(N(c5ccccc5)c5ccccc5)ccc2B4c2ccc(N(c4ccccc4)c4ccccc4)cc2N3c2c(-c3cccc4c3sc3ccccc34)cccc2-c2cccc3c2sc2ccccc23)cc1. The van der Waals surface area contributed by atoms with Crippen molar-refractivity contribution >= 4 is 217 Å². The summed E-state index contributed by atoms with van der Waals surface area (Å²) in [6.07, 6.45) is 0. The normalized spacial score (nSPS) is 12.4. The van der Waals surface area contributed by atoms with Crippen LogP contribution in [0.1, 0.15) is 0 Å². The Morgan fingerprint density at radius 2 is 0.462 bits per heavy atom. The third-order valence-electron chi connectivity index (χ3n) is 24.0. The largest absolute Gasteiger partial charge is 0.310 e. The predicted octanol–water partition coefficient (Wildman–Crippen LogP) is 30.5. The molecule has 4 aromatic heterocycles. The summed E-state index contributed by atoms with van der Waals surface area (Å²) in [6, 6.07) is 153. The maximum Gasteiger partial charge on any atom is 0.252 e. The Bertz CT molecular complexity index is 6970. The third-order valence-corrected chi connectivity index (χ3v) is 28.9. The highest BCUT2D eigenvalue weighted by molar-refractivity contribution is 7.27. The minimum Gasteiger partial charge on any atom is -0.310 e. The minimum atomic E-state index is -0.329. The molecule has 2 aliphatic heterocycles. The Labute approximate surface area is 693 Å². The highest BCUT2D eigenvalue weighted by Gasteiger charge is 2.46. The molecule has 0 atom stereocenters. The van der Waals surface area contributed by atoms with Crippen molar-refractivity contribution < 1.29 is 0 Å². The van der Waals surface area contributed by atoms with E-state index in [1.54, 1.807) is 0 Å². The van der Waals surface area contributed by atoms with Crippen molar-refractivity contribution in [1.29, 1.82) is 0 Å². The zero-order valence-corrected chi connectivity index (χ0v) is 66.4. The number of anilines is 12. The Hall–Kier alpha value is -13.9. The Balaban J connectivity index is 0.886. The van der Waals surface area contributed by atoms with Gasteiger partial charge < -0.3 is 19.6 Å². The van der Waals surface area contributed by atoms with Gasteiger partial charge in [-0.25, -0.2) is 0 Å². The van der Waals surface area contributed by atoms with Crippen LogP contribution in [-0.4, -0.2) is 6.71 Å². The number of benzene rings is 18. The van der Waals surface area contributed by atoms with Crippen LogP contribution < -0.4 is 36.0 Å². The number of nitrogens with zero attached hydrogens (tertiary/aromatic N) is 4. The lowest BCUT2D eigenvalue weighted by molar-refractivity contribution is 1.23. The van der Waals surface area contributed by atoms with Crippen LogP contribution in [0.15, 0.2) is 406 Å². The Morgan fingerprint density at radius 3 is 0.778 bits per heavy atom. The molecule has 0 radical (unpaired) electrons. The van der Waals surface area contributed by atoms with Crippen molar-refractivity contribution in [3.05, 3.63) is 406 Å². The van der Waals surface area contributed by atoms with E-state index in [4.69, 9.17) is 0 Å². The molecule has 117 heavy (non-hydrogen) atoms. The molecule has 0 spiro atoms. The number of rotatable bonds is 13. The van der Waals surface area contributed by atoms with Crippen molar-refractivity contribution in [2.24, 2.45) is 0 Å². The van der Waals surface area contributed by atoms with Crippen LogP contribution in [-0.2, 0) is 0 Å². The van der Waals surface area contributed by atoms with Crippen LogP contribution in [0.2, 0.25) is 0 Å². The highest BCUT2D eigenvalue weighted by atomic mass is 32.1. The number of para-hydroxylation sites is 6. The molecule has 0 saturated heterocycles. The van der Waals surface area contributed by atoms with Crippen LogP contribution in [0.25, 0.3) is 136 Å². The van der Waals surface area contributed by atoms with Crippen LogP contribution in [0.5, 0.6) is 0 Å². The molecule has 0 saturated carbocycles. The second kappa shape index (κ2) is 27.4. The molecule has 0 unspecified atom stereocenters. The van der Waals surface area contributed by atoms with E-state index in [-0.39, 0.29) is 6.71 Å². The zero-order chi connectivity index (χ0) is 76.8.